The van der Waals surface area contributed by atoms with E-state index in [-0.39, 0.29) is 0 Å². The molecule has 1 aliphatic rings. The van der Waals surface area contributed by atoms with Crippen LogP contribution in [-0.2, 0) is 0 Å². The molecule has 2 heterocycles. The first-order chi connectivity index (χ1) is 7.86. The largest absolute Gasteiger partial charge is 0.369 e. The van der Waals surface area contributed by atoms with Crippen LogP contribution in [0.5, 0.6) is 0 Å². The zero-order valence-electron chi connectivity index (χ0n) is 8.73. The number of nitrogens with one attached hydrogen (secondary N) is 2. The SMILES string of the molecule is NNc1nc(NCC2CC2)c2ccsc2n1. The molecule has 0 spiro atoms. The van der Waals surface area contributed by atoms with Gasteiger partial charge in [-0.05, 0) is 30.2 Å². The van der Waals surface area contributed by atoms with E-state index >= 15 is 0 Å². The fraction of sp³-hybridized carbons (Fsp3) is 0.400. The van der Waals surface area contributed by atoms with Gasteiger partial charge in [-0.2, -0.15) is 4.98 Å². The first-order valence-corrected chi connectivity index (χ1v) is 6.20. The lowest BCUT2D eigenvalue weighted by Gasteiger charge is -2.07. The molecule has 0 amide bonds. The van der Waals surface area contributed by atoms with Crippen molar-refractivity contribution in [1.29, 1.82) is 0 Å². The van der Waals surface area contributed by atoms with Gasteiger partial charge in [0, 0.05) is 6.54 Å². The third kappa shape index (κ3) is 1.81. The number of nitrogen functional groups attached to an aromatic ring is 1. The Morgan fingerprint density at radius 2 is 2.31 bits per heavy atom. The van der Waals surface area contributed by atoms with Crippen LogP contribution in [-0.4, -0.2) is 16.5 Å². The minimum Gasteiger partial charge on any atom is -0.369 e. The minimum atomic E-state index is 0.466. The van der Waals surface area contributed by atoms with Crippen LogP contribution in [0.15, 0.2) is 11.4 Å². The minimum absolute atomic E-state index is 0.466. The van der Waals surface area contributed by atoms with Gasteiger partial charge in [-0.3, -0.25) is 5.43 Å². The molecule has 0 unspecified atom stereocenters. The molecule has 0 saturated heterocycles. The molecule has 0 aromatic carbocycles. The third-order valence-electron chi connectivity index (χ3n) is 2.71. The quantitative estimate of drug-likeness (QED) is 0.556. The average molecular weight is 235 g/mol. The summed E-state index contributed by atoms with van der Waals surface area (Å²) >= 11 is 1.59. The van der Waals surface area contributed by atoms with Crippen LogP contribution in [0.1, 0.15) is 12.8 Å². The van der Waals surface area contributed by atoms with Gasteiger partial charge in [0.1, 0.15) is 10.6 Å². The van der Waals surface area contributed by atoms with E-state index in [0.29, 0.717) is 5.95 Å². The first kappa shape index (κ1) is 9.80. The second-order valence-corrected chi connectivity index (χ2v) is 4.90. The Labute approximate surface area is 97.1 Å². The zero-order valence-corrected chi connectivity index (χ0v) is 9.55. The molecule has 1 fully saturated rings. The van der Waals surface area contributed by atoms with Crippen molar-refractivity contribution in [2.75, 3.05) is 17.3 Å². The number of hydrogen-bond acceptors (Lipinski definition) is 6. The summed E-state index contributed by atoms with van der Waals surface area (Å²) in [5.41, 5.74) is 2.50. The van der Waals surface area contributed by atoms with Crippen LogP contribution >= 0.6 is 11.3 Å². The maximum absolute atomic E-state index is 5.35. The highest BCUT2D eigenvalue weighted by Gasteiger charge is 2.21. The molecule has 6 heteroatoms. The highest BCUT2D eigenvalue weighted by molar-refractivity contribution is 7.16. The fourth-order valence-corrected chi connectivity index (χ4v) is 2.38. The summed E-state index contributed by atoms with van der Waals surface area (Å²) in [6.07, 6.45) is 2.65. The van der Waals surface area contributed by atoms with Crippen molar-refractivity contribution in [3.8, 4) is 0 Å². The lowest BCUT2D eigenvalue weighted by Crippen LogP contribution is -2.12. The number of nitrogens with zero attached hydrogens (tertiary/aromatic N) is 2. The van der Waals surface area contributed by atoms with Gasteiger partial charge in [0.05, 0.1) is 5.39 Å². The first-order valence-electron chi connectivity index (χ1n) is 5.32. The van der Waals surface area contributed by atoms with Gasteiger partial charge in [-0.25, -0.2) is 10.8 Å². The molecule has 5 nitrogen and oxygen atoms in total. The van der Waals surface area contributed by atoms with Crippen molar-refractivity contribution in [1.82, 2.24) is 9.97 Å². The summed E-state index contributed by atoms with van der Waals surface area (Å²) in [7, 11) is 0. The van der Waals surface area contributed by atoms with Gasteiger partial charge in [0.2, 0.25) is 5.95 Å². The lowest BCUT2D eigenvalue weighted by atomic mass is 10.3. The number of thiophene rings is 1. The summed E-state index contributed by atoms with van der Waals surface area (Å²) in [6, 6.07) is 2.04. The lowest BCUT2D eigenvalue weighted by molar-refractivity contribution is 0.884. The molecule has 84 valence electrons. The Bertz CT molecular complexity index is 505. The summed E-state index contributed by atoms with van der Waals surface area (Å²) in [5.74, 6) is 7.51. The van der Waals surface area contributed by atoms with Gasteiger partial charge < -0.3 is 5.32 Å². The zero-order chi connectivity index (χ0) is 11.0. The van der Waals surface area contributed by atoms with E-state index in [9.17, 15) is 0 Å². The summed E-state index contributed by atoms with van der Waals surface area (Å²) in [6.45, 7) is 0.992. The van der Waals surface area contributed by atoms with Gasteiger partial charge in [-0.15, -0.1) is 11.3 Å². The third-order valence-corrected chi connectivity index (χ3v) is 3.52. The predicted octanol–water partition coefficient (Wildman–Crippen LogP) is 1.80. The number of anilines is 2. The van der Waals surface area contributed by atoms with Crippen LogP contribution in [0.3, 0.4) is 0 Å². The van der Waals surface area contributed by atoms with Crippen molar-refractivity contribution in [2.24, 2.45) is 11.8 Å². The number of rotatable bonds is 4. The molecule has 1 saturated carbocycles. The molecule has 0 atom stereocenters. The maximum Gasteiger partial charge on any atom is 0.240 e. The number of hydrazine groups is 1. The second kappa shape index (κ2) is 3.88. The van der Waals surface area contributed by atoms with Crippen molar-refractivity contribution in [2.45, 2.75) is 12.8 Å². The fourth-order valence-electron chi connectivity index (χ4n) is 1.62. The Morgan fingerprint density at radius 3 is 3.06 bits per heavy atom. The number of fused-ring (bicyclic) bond motifs is 1. The smallest absolute Gasteiger partial charge is 0.240 e. The van der Waals surface area contributed by atoms with Crippen LogP contribution in [0.2, 0.25) is 0 Å². The molecule has 0 bridgehead atoms. The van der Waals surface area contributed by atoms with E-state index in [1.807, 2.05) is 11.4 Å². The van der Waals surface area contributed by atoms with Gasteiger partial charge >= 0.3 is 0 Å². The standard InChI is InChI=1S/C10H13N5S/c11-15-10-13-8(12-5-6-1-2-6)7-3-4-16-9(7)14-10/h3-4,6H,1-2,5,11H2,(H2,12,13,14,15). The topological polar surface area (TPSA) is 75.9 Å². The van der Waals surface area contributed by atoms with E-state index in [4.69, 9.17) is 5.84 Å². The summed E-state index contributed by atoms with van der Waals surface area (Å²) in [5, 5.41) is 6.46. The Balaban J connectivity index is 1.94. The summed E-state index contributed by atoms with van der Waals surface area (Å²) in [4.78, 5) is 9.59. The van der Waals surface area contributed by atoms with Gasteiger partial charge in [0.25, 0.3) is 0 Å². The highest BCUT2D eigenvalue weighted by Crippen LogP contribution is 2.31. The van der Waals surface area contributed by atoms with E-state index < -0.39 is 0 Å². The van der Waals surface area contributed by atoms with E-state index in [2.05, 4.69) is 20.7 Å². The number of hydrogen-bond donors (Lipinski definition) is 3. The molecule has 16 heavy (non-hydrogen) atoms. The average Bonchev–Trinajstić information content (AvgIpc) is 3.02. The highest BCUT2D eigenvalue weighted by atomic mass is 32.1. The molecule has 0 radical (unpaired) electrons. The van der Waals surface area contributed by atoms with Crippen LogP contribution in [0.25, 0.3) is 10.2 Å². The van der Waals surface area contributed by atoms with Crippen LogP contribution < -0.4 is 16.6 Å². The summed E-state index contributed by atoms with van der Waals surface area (Å²) < 4.78 is 0. The molecule has 0 aliphatic heterocycles. The predicted molar refractivity (Wildman–Crippen MR) is 66.4 cm³/mol. The molecule has 2 aromatic heterocycles. The molecule has 4 N–H and O–H groups in total. The van der Waals surface area contributed by atoms with Crippen molar-refractivity contribution < 1.29 is 0 Å². The normalized spacial score (nSPS) is 15.3. The monoisotopic (exact) mass is 235 g/mol. The van der Waals surface area contributed by atoms with E-state index in [0.717, 1.165) is 28.5 Å². The van der Waals surface area contributed by atoms with Crippen molar-refractivity contribution >= 4 is 33.3 Å². The van der Waals surface area contributed by atoms with Crippen LogP contribution in [0, 0.1) is 5.92 Å². The molecular weight excluding hydrogens is 222 g/mol. The molecule has 2 aromatic rings. The Hall–Kier alpha value is -1.40. The van der Waals surface area contributed by atoms with E-state index in [1.54, 1.807) is 11.3 Å². The maximum atomic E-state index is 5.35. The van der Waals surface area contributed by atoms with Crippen molar-refractivity contribution in [3.63, 3.8) is 0 Å². The van der Waals surface area contributed by atoms with Crippen molar-refractivity contribution in [3.05, 3.63) is 11.4 Å². The Kier molecular flexibility index (Phi) is 2.37. The van der Waals surface area contributed by atoms with Gasteiger partial charge in [0.15, 0.2) is 0 Å². The Morgan fingerprint density at radius 1 is 1.44 bits per heavy atom. The molecule has 1 aliphatic carbocycles. The van der Waals surface area contributed by atoms with E-state index in [1.165, 1.54) is 12.8 Å². The van der Waals surface area contributed by atoms with Crippen LogP contribution in [0.4, 0.5) is 11.8 Å². The van der Waals surface area contributed by atoms with Gasteiger partial charge in [-0.1, -0.05) is 0 Å². The molecule has 3 rings (SSSR count). The second-order valence-electron chi connectivity index (χ2n) is 4.00. The number of nitrogens with two attached hydrogens (primary N) is 1. The molecular formula is C10H13N5S. The number of aromatic nitrogens is 2.